The first-order valence-corrected chi connectivity index (χ1v) is 6.98. The molecule has 0 radical (unpaired) electrons. The monoisotopic (exact) mass is 279 g/mol. The van der Waals surface area contributed by atoms with Gasteiger partial charge in [-0.1, -0.05) is 24.3 Å². The van der Waals surface area contributed by atoms with Crippen LogP contribution in [0, 0.1) is 6.92 Å². The summed E-state index contributed by atoms with van der Waals surface area (Å²) in [7, 11) is 3.37. The van der Waals surface area contributed by atoms with Crippen molar-refractivity contribution in [3.05, 3.63) is 35.4 Å². The standard InChI is InChI=1S/C16H25NO3/c1-14-7-4-5-8-15(14)16(18)13-17(10-12-20-3)9-6-11-19-2/h4-5,7-8H,6,9-13H2,1-3H3. The first-order valence-electron chi connectivity index (χ1n) is 6.98. The van der Waals surface area contributed by atoms with E-state index in [1.807, 2.05) is 31.2 Å². The van der Waals surface area contributed by atoms with E-state index in [0.29, 0.717) is 19.8 Å². The van der Waals surface area contributed by atoms with E-state index in [9.17, 15) is 4.79 Å². The molecule has 0 aliphatic rings. The van der Waals surface area contributed by atoms with Crippen molar-refractivity contribution in [2.75, 3.05) is 47.1 Å². The largest absolute Gasteiger partial charge is 0.385 e. The summed E-state index contributed by atoms with van der Waals surface area (Å²) in [5.41, 5.74) is 1.84. The van der Waals surface area contributed by atoms with Gasteiger partial charge in [0.25, 0.3) is 0 Å². The van der Waals surface area contributed by atoms with Crippen molar-refractivity contribution in [1.82, 2.24) is 4.90 Å². The van der Waals surface area contributed by atoms with Crippen LogP contribution in [0.15, 0.2) is 24.3 Å². The van der Waals surface area contributed by atoms with Gasteiger partial charge in [-0.2, -0.15) is 0 Å². The molecule has 1 aromatic carbocycles. The Morgan fingerprint density at radius 2 is 1.80 bits per heavy atom. The van der Waals surface area contributed by atoms with Crippen molar-refractivity contribution in [2.24, 2.45) is 0 Å². The zero-order valence-electron chi connectivity index (χ0n) is 12.7. The zero-order valence-corrected chi connectivity index (χ0v) is 12.7. The second-order valence-electron chi connectivity index (χ2n) is 4.85. The molecular formula is C16H25NO3. The minimum absolute atomic E-state index is 0.164. The van der Waals surface area contributed by atoms with Gasteiger partial charge < -0.3 is 9.47 Å². The van der Waals surface area contributed by atoms with E-state index in [1.165, 1.54) is 0 Å². The lowest BCUT2D eigenvalue weighted by molar-refractivity contribution is 0.0877. The molecule has 0 N–H and O–H groups in total. The highest BCUT2D eigenvalue weighted by molar-refractivity contribution is 5.98. The van der Waals surface area contributed by atoms with Crippen LogP contribution in [0.5, 0.6) is 0 Å². The maximum absolute atomic E-state index is 12.4. The Morgan fingerprint density at radius 1 is 1.10 bits per heavy atom. The Kier molecular flexibility index (Phi) is 8.11. The quantitative estimate of drug-likeness (QED) is 0.486. The summed E-state index contributed by atoms with van der Waals surface area (Å²) in [6, 6.07) is 7.72. The molecule has 1 rings (SSSR count). The number of methoxy groups -OCH3 is 2. The van der Waals surface area contributed by atoms with Crippen LogP contribution in [0.2, 0.25) is 0 Å². The molecule has 0 aromatic heterocycles. The topological polar surface area (TPSA) is 38.8 Å². The first-order chi connectivity index (χ1) is 9.69. The summed E-state index contributed by atoms with van der Waals surface area (Å²) in [5.74, 6) is 0.164. The third-order valence-electron chi connectivity index (χ3n) is 3.25. The lowest BCUT2D eigenvalue weighted by atomic mass is 10.0. The lowest BCUT2D eigenvalue weighted by Crippen LogP contribution is -2.34. The van der Waals surface area contributed by atoms with Gasteiger partial charge in [-0.3, -0.25) is 9.69 Å². The van der Waals surface area contributed by atoms with Gasteiger partial charge in [-0.05, 0) is 18.9 Å². The molecule has 0 aliphatic carbocycles. The highest BCUT2D eigenvalue weighted by Gasteiger charge is 2.13. The first kappa shape index (κ1) is 16.8. The Hall–Kier alpha value is -1.23. The van der Waals surface area contributed by atoms with Crippen LogP contribution in [0.4, 0.5) is 0 Å². The molecule has 0 saturated heterocycles. The van der Waals surface area contributed by atoms with Crippen LogP contribution < -0.4 is 0 Å². The molecular weight excluding hydrogens is 254 g/mol. The third-order valence-corrected chi connectivity index (χ3v) is 3.25. The van der Waals surface area contributed by atoms with E-state index >= 15 is 0 Å². The fourth-order valence-corrected chi connectivity index (χ4v) is 2.10. The van der Waals surface area contributed by atoms with Crippen molar-refractivity contribution in [2.45, 2.75) is 13.3 Å². The van der Waals surface area contributed by atoms with Crippen molar-refractivity contribution in [3.8, 4) is 0 Å². The molecule has 0 unspecified atom stereocenters. The van der Waals surface area contributed by atoms with E-state index in [2.05, 4.69) is 4.90 Å². The SMILES string of the molecule is COCCCN(CCOC)CC(=O)c1ccccc1C. The van der Waals surface area contributed by atoms with Gasteiger partial charge in [-0.25, -0.2) is 0 Å². The highest BCUT2D eigenvalue weighted by atomic mass is 16.5. The van der Waals surface area contributed by atoms with Crippen molar-refractivity contribution in [3.63, 3.8) is 0 Å². The van der Waals surface area contributed by atoms with Crippen molar-refractivity contribution in [1.29, 1.82) is 0 Å². The minimum atomic E-state index is 0.164. The number of rotatable bonds is 10. The Morgan fingerprint density at radius 3 is 2.45 bits per heavy atom. The fraction of sp³-hybridized carbons (Fsp3) is 0.562. The zero-order chi connectivity index (χ0) is 14.8. The minimum Gasteiger partial charge on any atom is -0.385 e. The molecule has 1 aromatic rings. The average molecular weight is 279 g/mol. The lowest BCUT2D eigenvalue weighted by Gasteiger charge is -2.21. The molecule has 4 heteroatoms. The molecule has 20 heavy (non-hydrogen) atoms. The third kappa shape index (κ3) is 5.82. The maximum atomic E-state index is 12.4. The Labute approximate surface area is 121 Å². The number of hydrogen-bond acceptors (Lipinski definition) is 4. The van der Waals surface area contributed by atoms with E-state index in [0.717, 1.165) is 30.6 Å². The summed E-state index contributed by atoms with van der Waals surface area (Å²) >= 11 is 0. The number of benzene rings is 1. The molecule has 112 valence electrons. The van der Waals surface area contributed by atoms with Gasteiger partial charge in [0, 0.05) is 39.5 Å². The van der Waals surface area contributed by atoms with Gasteiger partial charge >= 0.3 is 0 Å². The maximum Gasteiger partial charge on any atom is 0.177 e. The molecule has 0 spiro atoms. The Balaban J connectivity index is 2.58. The average Bonchev–Trinajstić information content (AvgIpc) is 2.45. The van der Waals surface area contributed by atoms with Gasteiger partial charge in [0.1, 0.15) is 0 Å². The second-order valence-corrected chi connectivity index (χ2v) is 4.85. The molecule has 0 aliphatic heterocycles. The molecule has 0 heterocycles. The molecule has 0 saturated carbocycles. The molecule has 4 nitrogen and oxygen atoms in total. The van der Waals surface area contributed by atoms with Crippen LogP contribution in [-0.4, -0.2) is 57.8 Å². The van der Waals surface area contributed by atoms with Gasteiger partial charge in [0.2, 0.25) is 0 Å². The van der Waals surface area contributed by atoms with Crippen LogP contribution in [0.25, 0.3) is 0 Å². The van der Waals surface area contributed by atoms with Crippen LogP contribution >= 0.6 is 0 Å². The smallest absolute Gasteiger partial charge is 0.177 e. The normalized spacial score (nSPS) is 11.0. The summed E-state index contributed by atoms with van der Waals surface area (Å²) in [4.78, 5) is 14.5. The number of carbonyl (C=O) groups excluding carboxylic acids is 1. The van der Waals surface area contributed by atoms with E-state index in [1.54, 1.807) is 14.2 Å². The van der Waals surface area contributed by atoms with Crippen molar-refractivity contribution < 1.29 is 14.3 Å². The number of hydrogen-bond donors (Lipinski definition) is 0. The summed E-state index contributed by atoms with van der Waals surface area (Å²) in [5, 5.41) is 0. The predicted octanol–water partition coefficient (Wildman–Crippen LogP) is 2.16. The van der Waals surface area contributed by atoms with Gasteiger partial charge in [0.15, 0.2) is 5.78 Å². The van der Waals surface area contributed by atoms with E-state index in [-0.39, 0.29) is 5.78 Å². The fourth-order valence-electron chi connectivity index (χ4n) is 2.10. The number of carbonyl (C=O) groups is 1. The molecule has 0 bridgehead atoms. The Bertz CT molecular complexity index is 406. The number of ketones is 1. The number of Topliss-reactive ketones (excluding diaryl/α,β-unsaturated/α-hetero) is 1. The summed E-state index contributed by atoms with van der Waals surface area (Å²) in [6.45, 7) is 5.35. The molecule has 0 fully saturated rings. The second kappa shape index (κ2) is 9.64. The van der Waals surface area contributed by atoms with Crippen LogP contribution in [0.3, 0.4) is 0 Å². The van der Waals surface area contributed by atoms with E-state index < -0.39 is 0 Å². The predicted molar refractivity (Wildman–Crippen MR) is 80.3 cm³/mol. The number of ether oxygens (including phenoxy) is 2. The summed E-state index contributed by atoms with van der Waals surface area (Å²) in [6.07, 6.45) is 0.918. The number of nitrogens with zero attached hydrogens (tertiary/aromatic N) is 1. The van der Waals surface area contributed by atoms with Crippen LogP contribution in [-0.2, 0) is 9.47 Å². The van der Waals surface area contributed by atoms with Gasteiger partial charge in [0.05, 0.1) is 13.2 Å². The number of aryl methyl sites for hydroxylation is 1. The molecule has 0 amide bonds. The van der Waals surface area contributed by atoms with Crippen LogP contribution in [0.1, 0.15) is 22.3 Å². The van der Waals surface area contributed by atoms with Crippen molar-refractivity contribution >= 4 is 5.78 Å². The summed E-state index contributed by atoms with van der Waals surface area (Å²) < 4.78 is 10.2. The van der Waals surface area contributed by atoms with E-state index in [4.69, 9.17) is 9.47 Å². The highest BCUT2D eigenvalue weighted by Crippen LogP contribution is 2.09. The van der Waals surface area contributed by atoms with Gasteiger partial charge in [-0.15, -0.1) is 0 Å². The molecule has 0 atom stereocenters.